The van der Waals surface area contributed by atoms with E-state index in [9.17, 15) is 4.79 Å². The smallest absolute Gasteiger partial charge is 0.247 e. The van der Waals surface area contributed by atoms with Gasteiger partial charge in [0.25, 0.3) is 0 Å². The summed E-state index contributed by atoms with van der Waals surface area (Å²) in [4.78, 5) is 21.1. The molecule has 0 radical (unpaired) electrons. The summed E-state index contributed by atoms with van der Waals surface area (Å²) in [5.41, 5.74) is 2.33. The molecule has 144 valence electrons. The van der Waals surface area contributed by atoms with Crippen LogP contribution in [0.1, 0.15) is 28.8 Å². The molecule has 0 fully saturated rings. The molecule has 0 saturated carbocycles. The van der Waals surface area contributed by atoms with Crippen molar-refractivity contribution in [1.82, 2.24) is 9.97 Å². The number of nitrogens with zero attached hydrogens (tertiary/aromatic N) is 2. The summed E-state index contributed by atoms with van der Waals surface area (Å²) >= 11 is 0. The molecule has 0 bridgehead atoms. The van der Waals surface area contributed by atoms with E-state index in [2.05, 4.69) is 20.6 Å². The number of hydrogen-bond acceptors (Lipinski definition) is 7. The number of benzene rings is 1. The van der Waals surface area contributed by atoms with Gasteiger partial charge in [0, 0.05) is 13.5 Å². The van der Waals surface area contributed by atoms with Crippen LogP contribution in [0.2, 0.25) is 0 Å². The highest BCUT2D eigenvalue weighted by Crippen LogP contribution is 2.35. The lowest BCUT2D eigenvalue weighted by Gasteiger charge is -2.18. The zero-order chi connectivity index (χ0) is 19.5. The third kappa shape index (κ3) is 3.55. The number of carbonyl (C=O) groups is 1. The summed E-state index contributed by atoms with van der Waals surface area (Å²) < 4.78 is 11.3. The van der Waals surface area contributed by atoms with Crippen molar-refractivity contribution in [2.75, 3.05) is 24.8 Å². The Labute approximate surface area is 163 Å². The van der Waals surface area contributed by atoms with Crippen molar-refractivity contribution in [3.8, 4) is 11.6 Å². The Kier molecular flexibility index (Phi) is 4.97. The molecule has 2 aliphatic carbocycles. The van der Waals surface area contributed by atoms with E-state index >= 15 is 0 Å². The third-order valence-electron chi connectivity index (χ3n) is 4.86. The van der Waals surface area contributed by atoms with Crippen LogP contribution in [0.15, 0.2) is 48.4 Å². The number of aromatic nitrogens is 2. The van der Waals surface area contributed by atoms with Gasteiger partial charge in [0.05, 0.1) is 24.9 Å². The van der Waals surface area contributed by atoms with E-state index in [1.165, 1.54) is 0 Å². The first-order valence-electron chi connectivity index (χ1n) is 9.24. The number of ether oxygens (including phenoxy) is 2. The fourth-order valence-corrected chi connectivity index (χ4v) is 3.37. The number of ketones is 1. The molecule has 1 aromatic carbocycles. The normalized spacial score (nSPS) is 17.7. The average Bonchev–Trinajstić information content (AvgIpc) is 3.11. The predicted molar refractivity (Wildman–Crippen MR) is 107 cm³/mol. The summed E-state index contributed by atoms with van der Waals surface area (Å²) in [7, 11) is 3.43. The number of fused-ring (bicyclic) bond motifs is 1. The summed E-state index contributed by atoms with van der Waals surface area (Å²) in [6.07, 6.45) is 9.65. The van der Waals surface area contributed by atoms with E-state index in [1.54, 1.807) is 26.4 Å². The van der Waals surface area contributed by atoms with Crippen LogP contribution >= 0.6 is 0 Å². The first-order chi connectivity index (χ1) is 13.7. The molecule has 0 spiro atoms. The molecule has 1 heterocycles. The van der Waals surface area contributed by atoms with Gasteiger partial charge in [-0.3, -0.25) is 4.79 Å². The molecule has 1 aromatic heterocycles. The molecule has 2 aliphatic rings. The number of hydrogen-bond donors (Lipinski definition) is 2. The Balaban J connectivity index is 1.57. The SMILES string of the molecule is CNc1cnc(NC2C=CC(OC)=CC2)nc1Oc1cccc2c1C(=O)CC2. The summed E-state index contributed by atoms with van der Waals surface area (Å²) in [5.74, 6) is 2.32. The molecule has 1 atom stereocenters. The highest BCUT2D eigenvalue weighted by molar-refractivity contribution is 6.03. The lowest BCUT2D eigenvalue weighted by Crippen LogP contribution is -2.20. The van der Waals surface area contributed by atoms with Crippen molar-refractivity contribution in [2.45, 2.75) is 25.3 Å². The molecule has 0 saturated heterocycles. The summed E-state index contributed by atoms with van der Waals surface area (Å²) in [6.45, 7) is 0. The van der Waals surface area contributed by atoms with Gasteiger partial charge in [-0.2, -0.15) is 4.98 Å². The first kappa shape index (κ1) is 18.0. The third-order valence-corrected chi connectivity index (χ3v) is 4.86. The molecule has 0 aliphatic heterocycles. The number of carbonyl (C=O) groups excluding carboxylic acids is 1. The number of aryl methyl sites for hydroxylation is 1. The first-order valence-corrected chi connectivity index (χ1v) is 9.24. The Bertz CT molecular complexity index is 968. The van der Waals surface area contributed by atoms with Gasteiger partial charge in [-0.15, -0.1) is 0 Å². The highest BCUT2D eigenvalue weighted by Gasteiger charge is 2.24. The van der Waals surface area contributed by atoms with Crippen LogP contribution in [0.3, 0.4) is 0 Å². The van der Waals surface area contributed by atoms with Crippen molar-refractivity contribution >= 4 is 17.4 Å². The minimum absolute atomic E-state index is 0.0646. The van der Waals surface area contributed by atoms with Crippen molar-refractivity contribution < 1.29 is 14.3 Å². The highest BCUT2D eigenvalue weighted by atomic mass is 16.5. The van der Waals surface area contributed by atoms with Gasteiger partial charge in [-0.25, -0.2) is 4.98 Å². The van der Waals surface area contributed by atoms with Crippen molar-refractivity contribution in [3.63, 3.8) is 0 Å². The Morgan fingerprint density at radius 3 is 2.89 bits per heavy atom. The molecule has 2 aromatic rings. The maximum Gasteiger partial charge on any atom is 0.247 e. The van der Waals surface area contributed by atoms with Gasteiger partial charge in [0.1, 0.15) is 17.2 Å². The van der Waals surface area contributed by atoms with Crippen LogP contribution < -0.4 is 15.4 Å². The van der Waals surface area contributed by atoms with Gasteiger partial charge < -0.3 is 20.1 Å². The number of rotatable bonds is 6. The van der Waals surface area contributed by atoms with Crippen LogP contribution in [-0.2, 0) is 11.2 Å². The lowest BCUT2D eigenvalue weighted by atomic mass is 10.1. The Hall–Kier alpha value is -3.35. The lowest BCUT2D eigenvalue weighted by molar-refractivity contribution is 0.0992. The number of anilines is 2. The summed E-state index contributed by atoms with van der Waals surface area (Å²) in [6, 6.07) is 5.74. The van der Waals surface area contributed by atoms with Crippen LogP contribution in [0.4, 0.5) is 11.6 Å². The molecular formula is C21H22N4O3. The van der Waals surface area contributed by atoms with Crippen molar-refractivity contribution in [1.29, 1.82) is 0 Å². The van der Waals surface area contributed by atoms with Crippen LogP contribution in [0.25, 0.3) is 0 Å². The Morgan fingerprint density at radius 1 is 1.25 bits per heavy atom. The fourth-order valence-electron chi connectivity index (χ4n) is 3.37. The van der Waals surface area contributed by atoms with Gasteiger partial charge in [-0.1, -0.05) is 18.2 Å². The second-order valence-corrected chi connectivity index (χ2v) is 6.63. The zero-order valence-corrected chi connectivity index (χ0v) is 15.9. The van der Waals surface area contributed by atoms with Crippen LogP contribution in [0.5, 0.6) is 11.6 Å². The molecule has 7 heteroatoms. The molecule has 2 N–H and O–H groups in total. The maximum atomic E-state index is 12.2. The van der Waals surface area contributed by atoms with E-state index in [0.29, 0.717) is 35.2 Å². The second-order valence-electron chi connectivity index (χ2n) is 6.63. The molecular weight excluding hydrogens is 356 g/mol. The molecule has 1 unspecified atom stereocenters. The number of nitrogens with one attached hydrogen (secondary N) is 2. The van der Waals surface area contributed by atoms with Gasteiger partial charge in [0.2, 0.25) is 11.8 Å². The number of Topliss-reactive ketones (excluding diaryl/α,β-unsaturated/α-hetero) is 1. The van der Waals surface area contributed by atoms with E-state index in [0.717, 1.165) is 24.2 Å². The molecule has 0 amide bonds. The van der Waals surface area contributed by atoms with Crippen molar-refractivity contribution in [2.24, 2.45) is 0 Å². The average molecular weight is 378 g/mol. The Morgan fingerprint density at radius 2 is 2.14 bits per heavy atom. The second kappa shape index (κ2) is 7.72. The number of allylic oxidation sites excluding steroid dienone is 1. The van der Waals surface area contributed by atoms with E-state index < -0.39 is 0 Å². The minimum Gasteiger partial charge on any atom is -0.497 e. The predicted octanol–water partition coefficient (Wildman–Crippen LogP) is 3.71. The van der Waals surface area contributed by atoms with Gasteiger partial charge in [-0.05, 0) is 36.6 Å². The zero-order valence-electron chi connectivity index (χ0n) is 15.9. The maximum absolute atomic E-state index is 12.2. The monoisotopic (exact) mass is 378 g/mol. The van der Waals surface area contributed by atoms with Crippen LogP contribution in [0, 0.1) is 0 Å². The topological polar surface area (TPSA) is 85.4 Å². The van der Waals surface area contributed by atoms with Gasteiger partial charge in [0.15, 0.2) is 5.78 Å². The minimum atomic E-state index is 0.0646. The number of methoxy groups -OCH3 is 1. The quantitative estimate of drug-likeness (QED) is 0.792. The fraction of sp³-hybridized carbons (Fsp3) is 0.286. The van der Waals surface area contributed by atoms with E-state index in [-0.39, 0.29) is 11.8 Å². The van der Waals surface area contributed by atoms with Gasteiger partial charge >= 0.3 is 0 Å². The van der Waals surface area contributed by atoms with Crippen LogP contribution in [-0.4, -0.2) is 36.0 Å². The van der Waals surface area contributed by atoms with E-state index in [1.807, 2.05) is 30.4 Å². The molecule has 28 heavy (non-hydrogen) atoms. The van der Waals surface area contributed by atoms with Crippen molar-refractivity contribution in [3.05, 3.63) is 59.5 Å². The molecule has 4 rings (SSSR count). The standard InChI is InChI=1S/C21H22N4O3/c1-22-16-12-23-21(24-14-7-9-15(27-2)10-8-14)25-20(16)28-18-5-3-4-13-6-11-17(26)19(13)18/h3-5,7,9-10,12,14,22H,6,8,11H2,1-2H3,(H,23,24,25). The summed E-state index contributed by atoms with van der Waals surface area (Å²) in [5, 5.41) is 6.32. The largest absolute Gasteiger partial charge is 0.497 e. The van der Waals surface area contributed by atoms with E-state index in [4.69, 9.17) is 9.47 Å². The molecule has 7 nitrogen and oxygen atoms in total.